The normalized spacial score (nSPS) is 12.1. The smallest absolute Gasteiger partial charge is 0.235 e. The summed E-state index contributed by atoms with van der Waals surface area (Å²) in [7, 11) is 0. The molecule has 9 aromatic carbocycles. The van der Waals surface area contributed by atoms with E-state index in [4.69, 9.17) is 14.4 Å². The Morgan fingerprint density at radius 3 is 1.43 bits per heavy atom. The summed E-state index contributed by atoms with van der Waals surface area (Å²) in [5.74, 6) is 0.598. The number of furan rings is 1. The number of nitrogens with zero attached hydrogens (tertiary/aromatic N) is 3. The molecule has 4 heteroatoms. The largest absolute Gasteiger partial charge is 0.453 e. The van der Waals surface area contributed by atoms with E-state index in [-0.39, 0.29) is 0 Å². The van der Waals surface area contributed by atoms with E-state index in [2.05, 4.69) is 168 Å². The molecular weight excluding hydrogens is 659 g/mol. The first-order chi connectivity index (χ1) is 26.8. The molecule has 0 saturated heterocycles. The zero-order valence-electron chi connectivity index (χ0n) is 29.0. The predicted molar refractivity (Wildman–Crippen MR) is 225 cm³/mol. The molecular formula is C50H29N3O. The van der Waals surface area contributed by atoms with Gasteiger partial charge in [0.2, 0.25) is 5.95 Å². The average molecular weight is 688 g/mol. The van der Waals surface area contributed by atoms with Crippen molar-refractivity contribution >= 4 is 86.8 Å². The zero-order chi connectivity index (χ0) is 35.3. The number of benzene rings is 9. The lowest BCUT2D eigenvalue weighted by atomic mass is 9.89. The molecule has 0 aliphatic rings. The highest BCUT2D eigenvalue weighted by Crippen LogP contribution is 2.48. The molecule has 12 rings (SSSR count). The van der Waals surface area contributed by atoms with Gasteiger partial charge in [-0.1, -0.05) is 158 Å². The van der Waals surface area contributed by atoms with Crippen LogP contribution in [0.25, 0.3) is 115 Å². The van der Waals surface area contributed by atoms with E-state index in [1.165, 1.54) is 37.7 Å². The number of hydrogen-bond donors (Lipinski definition) is 0. The molecule has 54 heavy (non-hydrogen) atoms. The Labute approximate surface area is 309 Å². The van der Waals surface area contributed by atoms with Gasteiger partial charge in [-0.05, 0) is 50.5 Å². The fraction of sp³-hybridized carbons (Fsp3) is 0. The lowest BCUT2D eigenvalue weighted by Crippen LogP contribution is -2.04. The first-order valence-corrected chi connectivity index (χ1v) is 18.3. The lowest BCUT2D eigenvalue weighted by Gasteiger charge is -2.13. The standard InChI is InChI=1S/C50H29N3O/c1-3-15-30(16-4-1)41-29-42(31-17-5-2-6-18-31)52-50(51-41)53-43-26-14-13-21-34(43)39-27-28-40-45-38-25-12-11-24-37(38)44-35-22-9-7-19-32(35)33-20-8-10-23-36(33)46(44)49(45)54-48(40)47(39)53/h1-29H. The quantitative estimate of drug-likeness (QED) is 0.174. The van der Waals surface area contributed by atoms with Crippen LogP contribution in [0.5, 0.6) is 0 Å². The molecule has 0 aliphatic heterocycles. The highest BCUT2D eigenvalue weighted by molar-refractivity contribution is 6.41. The van der Waals surface area contributed by atoms with Crippen LogP contribution in [0.15, 0.2) is 180 Å². The van der Waals surface area contributed by atoms with Crippen molar-refractivity contribution in [3.05, 3.63) is 176 Å². The van der Waals surface area contributed by atoms with Crippen LogP contribution in [0.3, 0.4) is 0 Å². The molecule has 0 unspecified atom stereocenters. The molecule has 0 fully saturated rings. The maximum Gasteiger partial charge on any atom is 0.235 e. The SMILES string of the molecule is c1ccc(-c2cc(-c3ccccc3)nc(-n3c4ccccc4c4ccc5c(oc6c5c5ccccc5c5c7ccccc7c7ccccc7c65)c43)n2)cc1. The summed E-state index contributed by atoms with van der Waals surface area (Å²) in [5, 5.41) is 14.0. The van der Waals surface area contributed by atoms with Crippen molar-refractivity contribution in [1.82, 2.24) is 14.5 Å². The number of rotatable bonds is 3. The maximum absolute atomic E-state index is 7.39. The summed E-state index contributed by atoms with van der Waals surface area (Å²) in [5.41, 5.74) is 7.48. The highest BCUT2D eigenvalue weighted by Gasteiger charge is 2.25. The van der Waals surface area contributed by atoms with Gasteiger partial charge in [-0.2, -0.15) is 0 Å². The second kappa shape index (κ2) is 11.1. The van der Waals surface area contributed by atoms with Gasteiger partial charge in [0.25, 0.3) is 0 Å². The van der Waals surface area contributed by atoms with E-state index in [1.807, 2.05) is 12.1 Å². The van der Waals surface area contributed by atoms with Crippen LogP contribution in [0, 0.1) is 0 Å². The van der Waals surface area contributed by atoms with Crippen LogP contribution >= 0.6 is 0 Å². The van der Waals surface area contributed by atoms with E-state index in [0.717, 1.165) is 71.6 Å². The molecule has 0 saturated carbocycles. The van der Waals surface area contributed by atoms with Crippen molar-refractivity contribution in [3.8, 4) is 28.5 Å². The van der Waals surface area contributed by atoms with Crippen molar-refractivity contribution in [2.45, 2.75) is 0 Å². The Hall–Kier alpha value is -7.30. The van der Waals surface area contributed by atoms with E-state index >= 15 is 0 Å². The molecule has 0 aliphatic carbocycles. The van der Waals surface area contributed by atoms with Crippen LogP contribution in [0.2, 0.25) is 0 Å². The van der Waals surface area contributed by atoms with E-state index in [1.54, 1.807) is 0 Å². The van der Waals surface area contributed by atoms with Gasteiger partial charge in [-0.25, -0.2) is 9.97 Å². The number of aromatic nitrogens is 3. The van der Waals surface area contributed by atoms with Crippen molar-refractivity contribution in [2.24, 2.45) is 0 Å². The van der Waals surface area contributed by atoms with E-state index in [9.17, 15) is 0 Å². The summed E-state index contributed by atoms with van der Waals surface area (Å²) in [6.45, 7) is 0. The van der Waals surface area contributed by atoms with Gasteiger partial charge < -0.3 is 4.42 Å². The highest BCUT2D eigenvalue weighted by atomic mass is 16.3. The molecule has 0 atom stereocenters. The van der Waals surface area contributed by atoms with Gasteiger partial charge in [0.05, 0.1) is 16.9 Å². The maximum atomic E-state index is 7.39. The van der Waals surface area contributed by atoms with Crippen LogP contribution in [-0.4, -0.2) is 14.5 Å². The average Bonchev–Trinajstić information content (AvgIpc) is 3.81. The third kappa shape index (κ3) is 4.02. The number of para-hydroxylation sites is 1. The molecule has 4 nitrogen and oxygen atoms in total. The first-order valence-electron chi connectivity index (χ1n) is 18.3. The Bertz CT molecular complexity index is 3430. The van der Waals surface area contributed by atoms with Crippen molar-refractivity contribution < 1.29 is 4.42 Å². The van der Waals surface area contributed by atoms with Gasteiger partial charge in [0, 0.05) is 43.4 Å². The number of fused-ring (bicyclic) bond motifs is 17. The van der Waals surface area contributed by atoms with Crippen LogP contribution in [0.1, 0.15) is 0 Å². The van der Waals surface area contributed by atoms with Crippen LogP contribution in [0.4, 0.5) is 0 Å². The molecule has 250 valence electrons. The molecule has 3 aromatic heterocycles. The van der Waals surface area contributed by atoms with Crippen molar-refractivity contribution in [3.63, 3.8) is 0 Å². The zero-order valence-corrected chi connectivity index (χ0v) is 29.0. The molecule has 0 bridgehead atoms. The molecule has 12 aromatic rings. The van der Waals surface area contributed by atoms with Gasteiger partial charge >= 0.3 is 0 Å². The molecule has 0 spiro atoms. The van der Waals surface area contributed by atoms with Gasteiger partial charge in [-0.3, -0.25) is 4.57 Å². The fourth-order valence-electron chi connectivity index (χ4n) is 8.88. The Morgan fingerprint density at radius 1 is 0.352 bits per heavy atom. The van der Waals surface area contributed by atoms with Gasteiger partial charge in [0.15, 0.2) is 5.58 Å². The topological polar surface area (TPSA) is 43.9 Å². The van der Waals surface area contributed by atoms with E-state index in [0.29, 0.717) is 5.95 Å². The van der Waals surface area contributed by atoms with Crippen LogP contribution < -0.4 is 0 Å². The number of hydrogen-bond acceptors (Lipinski definition) is 3. The Kier molecular flexibility index (Phi) is 6.02. The summed E-state index contributed by atoms with van der Waals surface area (Å²) >= 11 is 0. The Morgan fingerprint density at radius 2 is 0.815 bits per heavy atom. The monoisotopic (exact) mass is 687 g/mol. The van der Waals surface area contributed by atoms with E-state index < -0.39 is 0 Å². The summed E-state index contributed by atoms with van der Waals surface area (Å²) in [6.07, 6.45) is 0. The minimum absolute atomic E-state index is 0.598. The lowest BCUT2D eigenvalue weighted by molar-refractivity contribution is 0.675. The predicted octanol–water partition coefficient (Wildman–Crippen LogP) is 13.4. The van der Waals surface area contributed by atoms with Gasteiger partial charge in [0.1, 0.15) is 11.1 Å². The minimum atomic E-state index is 0.598. The van der Waals surface area contributed by atoms with Crippen molar-refractivity contribution in [1.29, 1.82) is 0 Å². The minimum Gasteiger partial charge on any atom is -0.453 e. The molecule has 3 heterocycles. The second-order valence-corrected chi connectivity index (χ2v) is 14.1. The second-order valence-electron chi connectivity index (χ2n) is 14.1. The summed E-state index contributed by atoms with van der Waals surface area (Å²) < 4.78 is 9.60. The fourth-order valence-corrected chi connectivity index (χ4v) is 8.88. The third-order valence-corrected chi connectivity index (χ3v) is 11.2. The molecule has 0 amide bonds. The Balaban J connectivity index is 1.29. The first kappa shape index (κ1) is 29.3. The molecule has 0 N–H and O–H groups in total. The van der Waals surface area contributed by atoms with Gasteiger partial charge in [-0.15, -0.1) is 0 Å². The summed E-state index contributed by atoms with van der Waals surface area (Å²) in [6, 6.07) is 62.2. The molecule has 0 radical (unpaired) electrons. The van der Waals surface area contributed by atoms with Crippen molar-refractivity contribution in [2.75, 3.05) is 0 Å². The third-order valence-electron chi connectivity index (χ3n) is 11.2. The van der Waals surface area contributed by atoms with Crippen LogP contribution in [-0.2, 0) is 0 Å². The summed E-state index contributed by atoms with van der Waals surface area (Å²) in [4.78, 5) is 10.6.